The van der Waals surface area contributed by atoms with Gasteiger partial charge in [-0.05, 0) is 31.2 Å². The van der Waals surface area contributed by atoms with Crippen molar-refractivity contribution in [1.82, 2.24) is 5.32 Å². The molecule has 0 saturated carbocycles. The molecule has 0 saturated heterocycles. The lowest BCUT2D eigenvalue weighted by Gasteiger charge is -2.24. The van der Waals surface area contributed by atoms with E-state index in [1.807, 2.05) is 19.2 Å². The molecule has 17 heavy (non-hydrogen) atoms. The summed E-state index contributed by atoms with van der Waals surface area (Å²) < 4.78 is 0. The van der Waals surface area contributed by atoms with E-state index in [1.165, 1.54) is 0 Å². The molecule has 96 valence electrons. The molecule has 1 aromatic rings. The van der Waals surface area contributed by atoms with Crippen LogP contribution >= 0.6 is 11.6 Å². The molecule has 0 fully saturated rings. The Morgan fingerprint density at radius 3 is 2.65 bits per heavy atom. The Labute approximate surface area is 108 Å². The summed E-state index contributed by atoms with van der Waals surface area (Å²) in [6.45, 7) is 4.64. The molecule has 0 bridgehead atoms. The Balaban J connectivity index is 2.85. The van der Waals surface area contributed by atoms with Gasteiger partial charge < -0.3 is 15.3 Å². The Morgan fingerprint density at radius 1 is 1.35 bits per heavy atom. The van der Waals surface area contributed by atoms with E-state index >= 15 is 0 Å². The Hall–Kier alpha value is -0.770. The van der Waals surface area contributed by atoms with Gasteiger partial charge in [0.1, 0.15) is 0 Å². The summed E-state index contributed by atoms with van der Waals surface area (Å²) in [6, 6.07) is 6.07. The molecule has 0 aliphatic carbocycles. The SMILES string of the molecule is CCCN(CCO)c1ccc(CNC)c(Cl)c1. The van der Waals surface area contributed by atoms with Crippen LogP contribution < -0.4 is 10.2 Å². The lowest BCUT2D eigenvalue weighted by atomic mass is 10.2. The lowest BCUT2D eigenvalue weighted by Crippen LogP contribution is -2.27. The summed E-state index contributed by atoms with van der Waals surface area (Å²) in [4.78, 5) is 2.15. The van der Waals surface area contributed by atoms with Gasteiger partial charge in [-0.25, -0.2) is 0 Å². The zero-order valence-corrected chi connectivity index (χ0v) is 11.3. The van der Waals surface area contributed by atoms with Crippen LogP contribution in [0.5, 0.6) is 0 Å². The molecule has 0 aliphatic heterocycles. The summed E-state index contributed by atoms with van der Waals surface area (Å²) in [5, 5.41) is 12.9. The Kier molecular flexibility index (Phi) is 6.34. The van der Waals surface area contributed by atoms with Gasteiger partial charge >= 0.3 is 0 Å². The minimum atomic E-state index is 0.163. The first-order valence-corrected chi connectivity index (χ1v) is 6.39. The molecule has 0 heterocycles. The van der Waals surface area contributed by atoms with Gasteiger partial charge in [0.05, 0.1) is 6.61 Å². The highest BCUT2D eigenvalue weighted by Gasteiger charge is 2.07. The first-order chi connectivity index (χ1) is 8.22. The van der Waals surface area contributed by atoms with Gasteiger partial charge in [0.2, 0.25) is 0 Å². The molecule has 0 amide bonds. The Bertz CT molecular complexity index is 338. The molecule has 0 radical (unpaired) electrons. The standard InChI is InChI=1S/C13H21ClN2O/c1-3-6-16(7-8-17)12-5-4-11(10-15-2)13(14)9-12/h4-5,9,15,17H,3,6-8,10H2,1-2H3. The van der Waals surface area contributed by atoms with Gasteiger partial charge in [0, 0.05) is 30.3 Å². The van der Waals surface area contributed by atoms with Crippen molar-refractivity contribution < 1.29 is 5.11 Å². The van der Waals surface area contributed by atoms with E-state index in [0.717, 1.165) is 35.8 Å². The third-order valence-corrected chi connectivity index (χ3v) is 2.98. The number of halogens is 1. The number of nitrogens with one attached hydrogen (secondary N) is 1. The number of anilines is 1. The van der Waals surface area contributed by atoms with E-state index in [9.17, 15) is 0 Å². The lowest BCUT2D eigenvalue weighted by molar-refractivity contribution is 0.302. The van der Waals surface area contributed by atoms with E-state index in [1.54, 1.807) is 0 Å². The summed E-state index contributed by atoms with van der Waals surface area (Å²) in [7, 11) is 1.90. The van der Waals surface area contributed by atoms with Crippen molar-refractivity contribution in [3.8, 4) is 0 Å². The molecule has 0 aromatic heterocycles. The maximum atomic E-state index is 9.05. The second kappa shape index (κ2) is 7.54. The molecule has 0 aliphatic rings. The molecule has 2 N–H and O–H groups in total. The molecule has 0 atom stereocenters. The molecule has 4 heteroatoms. The van der Waals surface area contributed by atoms with Gasteiger partial charge in [0.15, 0.2) is 0 Å². The molecule has 1 rings (SSSR count). The van der Waals surface area contributed by atoms with Crippen LogP contribution in [-0.4, -0.2) is 31.9 Å². The molecule has 0 unspecified atom stereocenters. The highest BCUT2D eigenvalue weighted by atomic mass is 35.5. The van der Waals surface area contributed by atoms with Crippen LogP contribution in [0.15, 0.2) is 18.2 Å². The van der Waals surface area contributed by atoms with Crippen molar-refractivity contribution in [2.75, 3.05) is 31.6 Å². The molecule has 1 aromatic carbocycles. The van der Waals surface area contributed by atoms with E-state index in [-0.39, 0.29) is 6.61 Å². The van der Waals surface area contributed by atoms with Gasteiger partial charge in [-0.2, -0.15) is 0 Å². The maximum Gasteiger partial charge on any atom is 0.0606 e. The third-order valence-electron chi connectivity index (χ3n) is 2.63. The summed E-state index contributed by atoms with van der Waals surface area (Å²) in [5.41, 5.74) is 2.17. The molecule has 3 nitrogen and oxygen atoms in total. The van der Waals surface area contributed by atoms with Gasteiger partial charge in [0.25, 0.3) is 0 Å². The topological polar surface area (TPSA) is 35.5 Å². The summed E-state index contributed by atoms with van der Waals surface area (Å²) in [6.07, 6.45) is 1.05. The first-order valence-electron chi connectivity index (χ1n) is 6.01. The normalized spacial score (nSPS) is 10.6. The van der Waals surface area contributed by atoms with Gasteiger partial charge in [-0.15, -0.1) is 0 Å². The van der Waals surface area contributed by atoms with Gasteiger partial charge in [-0.3, -0.25) is 0 Å². The zero-order chi connectivity index (χ0) is 12.7. The van der Waals surface area contributed by atoms with Crippen molar-refractivity contribution in [3.05, 3.63) is 28.8 Å². The van der Waals surface area contributed by atoms with Crippen molar-refractivity contribution in [2.45, 2.75) is 19.9 Å². The van der Waals surface area contributed by atoms with E-state index in [4.69, 9.17) is 16.7 Å². The van der Waals surface area contributed by atoms with E-state index in [2.05, 4.69) is 23.2 Å². The quantitative estimate of drug-likeness (QED) is 0.786. The second-order valence-corrected chi connectivity index (χ2v) is 4.42. The third kappa shape index (κ3) is 4.19. The zero-order valence-electron chi connectivity index (χ0n) is 10.5. The molecule has 0 spiro atoms. The van der Waals surface area contributed by atoms with Crippen molar-refractivity contribution in [3.63, 3.8) is 0 Å². The van der Waals surface area contributed by atoms with Crippen molar-refractivity contribution >= 4 is 17.3 Å². The van der Waals surface area contributed by atoms with E-state index < -0.39 is 0 Å². The fourth-order valence-corrected chi connectivity index (χ4v) is 2.07. The van der Waals surface area contributed by atoms with Crippen LogP contribution in [0.2, 0.25) is 5.02 Å². The first kappa shape index (κ1) is 14.3. The van der Waals surface area contributed by atoms with Crippen LogP contribution in [0, 0.1) is 0 Å². The number of hydrogen-bond acceptors (Lipinski definition) is 3. The second-order valence-electron chi connectivity index (χ2n) is 4.02. The van der Waals surface area contributed by atoms with Crippen LogP contribution in [0.3, 0.4) is 0 Å². The fourth-order valence-electron chi connectivity index (χ4n) is 1.83. The number of aliphatic hydroxyl groups is 1. The number of benzene rings is 1. The highest BCUT2D eigenvalue weighted by Crippen LogP contribution is 2.23. The monoisotopic (exact) mass is 256 g/mol. The Morgan fingerprint density at radius 2 is 2.12 bits per heavy atom. The molecular weight excluding hydrogens is 236 g/mol. The average molecular weight is 257 g/mol. The number of nitrogens with zero attached hydrogens (tertiary/aromatic N) is 1. The number of rotatable bonds is 7. The predicted octanol–water partition coefficient (Wildman–Crippen LogP) is 2.27. The number of hydrogen-bond donors (Lipinski definition) is 2. The van der Waals surface area contributed by atoms with E-state index in [0.29, 0.717) is 6.54 Å². The minimum Gasteiger partial charge on any atom is -0.395 e. The van der Waals surface area contributed by atoms with Crippen LogP contribution in [0.4, 0.5) is 5.69 Å². The average Bonchev–Trinajstić information content (AvgIpc) is 2.32. The molecular formula is C13H21ClN2O. The van der Waals surface area contributed by atoms with Crippen LogP contribution in [0.1, 0.15) is 18.9 Å². The van der Waals surface area contributed by atoms with Crippen molar-refractivity contribution in [1.29, 1.82) is 0 Å². The fraction of sp³-hybridized carbons (Fsp3) is 0.538. The van der Waals surface area contributed by atoms with Gasteiger partial charge in [-0.1, -0.05) is 24.6 Å². The maximum absolute atomic E-state index is 9.05. The smallest absolute Gasteiger partial charge is 0.0606 e. The summed E-state index contributed by atoms with van der Waals surface area (Å²) >= 11 is 6.22. The van der Waals surface area contributed by atoms with Crippen LogP contribution in [-0.2, 0) is 6.54 Å². The summed E-state index contributed by atoms with van der Waals surface area (Å²) in [5.74, 6) is 0. The minimum absolute atomic E-state index is 0.163. The predicted molar refractivity (Wildman–Crippen MR) is 73.8 cm³/mol. The highest BCUT2D eigenvalue weighted by molar-refractivity contribution is 6.31. The largest absolute Gasteiger partial charge is 0.395 e. The van der Waals surface area contributed by atoms with Crippen molar-refractivity contribution in [2.24, 2.45) is 0 Å². The number of aliphatic hydroxyl groups excluding tert-OH is 1. The van der Waals surface area contributed by atoms with Crippen LogP contribution in [0.25, 0.3) is 0 Å².